The first kappa shape index (κ1) is 12.4. The number of aromatic nitrogens is 3. The summed E-state index contributed by atoms with van der Waals surface area (Å²) in [7, 11) is 0. The lowest BCUT2D eigenvalue weighted by atomic mass is 10.0. The number of hydrogen-bond donors (Lipinski definition) is 1. The second kappa shape index (κ2) is 4.90. The third kappa shape index (κ3) is 1.96. The Bertz CT molecular complexity index is 878. The standard InChI is InChI=1S/C16H10N4O2/c17-8-13-16(19-20-18-13)11-3-1-10(2-4-11)12-5-6-14-15(7-12)22-9-21-14/h1-7H,9H2,(H,18,19,20). The molecule has 0 unspecified atom stereocenters. The van der Waals surface area contributed by atoms with Crippen molar-refractivity contribution in [3.63, 3.8) is 0 Å². The van der Waals surface area contributed by atoms with Crippen molar-refractivity contribution in [3.05, 3.63) is 48.2 Å². The highest BCUT2D eigenvalue weighted by Crippen LogP contribution is 2.36. The molecule has 0 saturated heterocycles. The molecule has 4 rings (SSSR count). The molecule has 0 fully saturated rings. The molecule has 1 aliphatic rings. The zero-order valence-corrected chi connectivity index (χ0v) is 11.4. The van der Waals surface area contributed by atoms with Gasteiger partial charge in [-0.3, -0.25) is 0 Å². The summed E-state index contributed by atoms with van der Waals surface area (Å²) in [5.74, 6) is 1.52. The summed E-state index contributed by atoms with van der Waals surface area (Å²) in [6.07, 6.45) is 0. The van der Waals surface area contributed by atoms with E-state index in [9.17, 15) is 0 Å². The molecule has 0 atom stereocenters. The molecule has 2 heterocycles. The minimum absolute atomic E-state index is 0.265. The molecule has 6 nitrogen and oxygen atoms in total. The normalized spacial score (nSPS) is 12.1. The molecule has 0 spiro atoms. The molecule has 0 radical (unpaired) electrons. The average molecular weight is 290 g/mol. The molecule has 2 aromatic carbocycles. The number of rotatable bonds is 2. The molecule has 0 amide bonds. The number of nitrogens with one attached hydrogen (secondary N) is 1. The molecule has 3 aromatic rings. The summed E-state index contributed by atoms with van der Waals surface area (Å²) in [6, 6.07) is 15.7. The maximum Gasteiger partial charge on any atom is 0.231 e. The van der Waals surface area contributed by atoms with Gasteiger partial charge in [-0.25, -0.2) is 5.10 Å². The van der Waals surface area contributed by atoms with Gasteiger partial charge in [0.05, 0.1) is 0 Å². The van der Waals surface area contributed by atoms with E-state index < -0.39 is 0 Å². The molecule has 22 heavy (non-hydrogen) atoms. The van der Waals surface area contributed by atoms with E-state index in [4.69, 9.17) is 14.7 Å². The van der Waals surface area contributed by atoms with Gasteiger partial charge >= 0.3 is 0 Å². The van der Waals surface area contributed by atoms with Gasteiger partial charge < -0.3 is 9.47 Å². The van der Waals surface area contributed by atoms with Gasteiger partial charge in [0.1, 0.15) is 11.8 Å². The van der Waals surface area contributed by atoms with Crippen molar-refractivity contribution in [2.45, 2.75) is 0 Å². The smallest absolute Gasteiger partial charge is 0.231 e. The summed E-state index contributed by atoms with van der Waals surface area (Å²) < 4.78 is 10.7. The summed E-state index contributed by atoms with van der Waals surface area (Å²) >= 11 is 0. The lowest BCUT2D eigenvalue weighted by Gasteiger charge is -2.04. The third-order valence-electron chi connectivity index (χ3n) is 3.52. The SMILES string of the molecule is N#Cc1[nH]nnc1-c1ccc(-c2ccc3c(c2)OCO3)cc1. The topological polar surface area (TPSA) is 83.8 Å². The minimum Gasteiger partial charge on any atom is -0.454 e. The van der Waals surface area contributed by atoms with E-state index in [2.05, 4.69) is 15.4 Å². The van der Waals surface area contributed by atoms with Crippen LogP contribution in [0.1, 0.15) is 5.69 Å². The van der Waals surface area contributed by atoms with Gasteiger partial charge in [0.2, 0.25) is 6.79 Å². The minimum atomic E-state index is 0.265. The monoisotopic (exact) mass is 290 g/mol. The van der Waals surface area contributed by atoms with Crippen LogP contribution in [0, 0.1) is 11.3 Å². The van der Waals surface area contributed by atoms with Gasteiger partial charge in [0.15, 0.2) is 17.2 Å². The van der Waals surface area contributed by atoms with Crippen molar-refractivity contribution >= 4 is 0 Å². The summed E-state index contributed by atoms with van der Waals surface area (Å²) in [5.41, 5.74) is 3.84. The zero-order valence-electron chi connectivity index (χ0n) is 11.4. The van der Waals surface area contributed by atoms with Crippen molar-refractivity contribution in [1.82, 2.24) is 15.4 Å². The van der Waals surface area contributed by atoms with Gasteiger partial charge in [-0.1, -0.05) is 35.5 Å². The number of benzene rings is 2. The van der Waals surface area contributed by atoms with Crippen LogP contribution in [0.3, 0.4) is 0 Å². The van der Waals surface area contributed by atoms with Crippen LogP contribution < -0.4 is 9.47 Å². The molecule has 1 aliphatic heterocycles. The van der Waals surface area contributed by atoms with Crippen LogP contribution in [0.15, 0.2) is 42.5 Å². The van der Waals surface area contributed by atoms with Gasteiger partial charge in [-0.05, 0) is 23.3 Å². The second-order valence-electron chi connectivity index (χ2n) is 4.79. The van der Waals surface area contributed by atoms with E-state index >= 15 is 0 Å². The Morgan fingerprint density at radius 2 is 1.68 bits per heavy atom. The van der Waals surface area contributed by atoms with Crippen molar-refractivity contribution in [1.29, 1.82) is 5.26 Å². The number of fused-ring (bicyclic) bond motifs is 1. The van der Waals surface area contributed by atoms with Gasteiger partial charge in [0.25, 0.3) is 0 Å². The predicted octanol–water partition coefficient (Wildman–Crippen LogP) is 2.74. The van der Waals surface area contributed by atoms with Crippen molar-refractivity contribution in [2.75, 3.05) is 6.79 Å². The maximum absolute atomic E-state index is 9.00. The Hall–Kier alpha value is -3.33. The van der Waals surface area contributed by atoms with Gasteiger partial charge in [0, 0.05) is 5.56 Å². The lowest BCUT2D eigenvalue weighted by Crippen LogP contribution is -1.92. The quantitative estimate of drug-likeness (QED) is 0.784. The first-order valence-corrected chi connectivity index (χ1v) is 6.67. The number of aromatic amines is 1. The lowest BCUT2D eigenvalue weighted by molar-refractivity contribution is 0.174. The molecule has 0 bridgehead atoms. The van der Waals surface area contributed by atoms with E-state index in [0.29, 0.717) is 11.4 Å². The molecule has 106 valence electrons. The fourth-order valence-corrected chi connectivity index (χ4v) is 2.40. The van der Waals surface area contributed by atoms with Crippen LogP contribution in [-0.2, 0) is 0 Å². The number of ether oxygens (including phenoxy) is 2. The molecule has 1 aromatic heterocycles. The van der Waals surface area contributed by atoms with Crippen LogP contribution in [0.5, 0.6) is 11.5 Å². The highest BCUT2D eigenvalue weighted by atomic mass is 16.7. The summed E-state index contributed by atoms with van der Waals surface area (Å²) in [5, 5.41) is 19.2. The highest BCUT2D eigenvalue weighted by Gasteiger charge is 2.14. The van der Waals surface area contributed by atoms with E-state index in [1.807, 2.05) is 48.5 Å². The van der Waals surface area contributed by atoms with E-state index in [-0.39, 0.29) is 6.79 Å². The fourth-order valence-electron chi connectivity index (χ4n) is 2.40. The Kier molecular flexibility index (Phi) is 2.76. The van der Waals surface area contributed by atoms with Gasteiger partial charge in [-0.2, -0.15) is 5.26 Å². The fraction of sp³-hybridized carbons (Fsp3) is 0.0625. The van der Waals surface area contributed by atoms with E-state index in [1.165, 1.54) is 0 Å². The van der Waals surface area contributed by atoms with Crippen LogP contribution >= 0.6 is 0 Å². The Morgan fingerprint density at radius 3 is 2.50 bits per heavy atom. The van der Waals surface area contributed by atoms with Crippen LogP contribution in [0.4, 0.5) is 0 Å². The Morgan fingerprint density at radius 1 is 0.955 bits per heavy atom. The van der Waals surface area contributed by atoms with Gasteiger partial charge in [-0.15, -0.1) is 5.10 Å². The molecule has 6 heteroatoms. The number of hydrogen-bond acceptors (Lipinski definition) is 5. The number of nitriles is 1. The first-order chi connectivity index (χ1) is 10.8. The van der Waals surface area contributed by atoms with Crippen LogP contribution in [-0.4, -0.2) is 22.2 Å². The summed E-state index contributed by atoms with van der Waals surface area (Å²) in [6.45, 7) is 0.265. The third-order valence-corrected chi connectivity index (χ3v) is 3.52. The van der Waals surface area contributed by atoms with E-state index in [0.717, 1.165) is 28.2 Å². The molecular formula is C16H10N4O2. The maximum atomic E-state index is 9.00. The first-order valence-electron chi connectivity index (χ1n) is 6.67. The molecular weight excluding hydrogens is 280 g/mol. The van der Waals surface area contributed by atoms with Crippen molar-refractivity contribution < 1.29 is 9.47 Å². The molecule has 1 N–H and O–H groups in total. The Labute approximate surface area is 125 Å². The Balaban J connectivity index is 1.69. The second-order valence-corrected chi connectivity index (χ2v) is 4.79. The average Bonchev–Trinajstić information content (AvgIpc) is 3.23. The largest absolute Gasteiger partial charge is 0.454 e. The molecule has 0 aliphatic carbocycles. The van der Waals surface area contributed by atoms with Crippen molar-refractivity contribution in [2.24, 2.45) is 0 Å². The zero-order chi connectivity index (χ0) is 14.9. The van der Waals surface area contributed by atoms with Crippen LogP contribution in [0.2, 0.25) is 0 Å². The van der Waals surface area contributed by atoms with E-state index in [1.54, 1.807) is 0 Å². The highest BCUT2D eigenvalue weighted by molar-refractivity contribution is 5.72. The van der Waals surface area contributed by atoms with Crippen LogP contribution in [0.25, 0.3) is 22.4 Å². The predicted molar refractivity (Wildman–Crippen MR) is 78.1 cm³/mol. The summed E-state index contributed by atoms with van der Waals surface area (Å²) in [4.78, 5) is 0. The molecule has 0 saturated carbocycles. The number of nitrogens with zero attached hydrogens (tertiary/aromatic N) is 3. The number of H-pyrrole nitrogens is 1. The van der Waals surface area contributed by atoms with Crippen molar-refractivity contribution in [3.8, 4) is 40.0 Å².